The van der Waals surface area contributed by atoms with Crippen molar-refractivity contribution in [3.8, 4) is 0 Å². The lowest BCUT2D eigenvalue weighted by molar-refractivity contribution is -0.0904. The van der Waals surface area contributed by atoms with E-state index in [0.717, 1.165) is 19.6 Å². The van der Waals surface area contributed by atoms with Gasteiger partial charge in [0.2, 0.25) is 0 Å². The first-order chi connectivity index (χ1) is 9.25. The molecule has 3 heterocycles. The summed E-state index contributed by atoms with van der Waals surface area (Å²) >= 11 is 0. The minimum atomic E-state index is 0.259. The molecule has 0 aromatic carbocycles. The smallest absolute Gasteiger partial charge is 0.0707 e. The van der Waals surface area contributed by atoms with Gasteiger partial charge in [-0.1, -0.05) is 6.92 Å². The van der Waals surface area contributed by atoms with Crippen molar-refractivity contribution in [1.82, 2.24) is 9.80 Å². The van der Waals surface area contributed by atoms with Gasteiger partial charge in [0.05, 0.1) is 12.2 Å². The molecule has 4 nitrogen and oxygen atoms in total. The van der Waals surface area contributed by atoms with Gasteiger partial charge in [0.25, 0.3) is 0 Å². The fourth-order valence-electron chi connectivity index (χ4n) is 4.16. The standard InChI is InChI=1S/C15H29N3O/c1-2-7-17-8-5-15(12-16,6-9-17)18-10-13-3-4-14(11-18)19-13/h13-14H,2-12,16H2,1H3. The van der Waals surface area contributed by atoms with E-state index < -0.39 is 0 Å². The van der Waals surface area contributed by atoms with Crippen molar-refractivity contribution in [2.75, 3.05) is 39.3 Å². The highest BCUT2D eigenvalue weighted by molar-refractivity contribution is 5.00. The highest BCUT2D eigenvalue weighted by atomic mass is 16.5. The molecule has 2 unspecified atom stereocenters. The summed E-state index contributed by atoms with van der Waals surface area (Å²) in [5.41, 5.74) is 6.46. The summed E-state index contributed by atoms with van der Waals surface area (Å²) in [5, 5.41) is 0. The number of morpholine rings is 1. The van der Waals surface area contributed by atoms with Crippen LogP contribution in [0, 0.1) is 0 Å². The van der Waals surface area contributed by atoms with E-state index in [4.69, 9.17) is 10.5 Å². The average molecular weight is 267 g/mol. The predicted molar refractivity (Wildman–Crippen MR) is 77.2 cm³/mol. The van der Waals surface area contributed by atoms with Gasteiger partial charge in [0.1, 0.15) is 0 Å². The number of piperidine rings is 1. The van der Waals surface area contributed by atoms with Gasteiger partial charge in [-0.25, -0.2) is 0 Å². The third-order valence-corrected chi connectivity index (χ3v) is 5.42. The summed E-state index contributed by atoms with van der Waals surface area (Å²) < 4.78 is 5.97. The topological polar surface area (TPSA) is 41.7 Å². The third kappa shape index (κ3) is 2.68. The van der Waals surface area contributed by atoms with Gasteiger partial charge in [-0.2, -0.15) is 0 Å². The van der Waals surface area contributed by atoms with Crippen molar-refractivity contribution in [3.05, 3.63) is 0 Å². The second-order valence-corrected chi connectivity index (χ2v) is 6.63. The zero-order valence-electron chi connectivity index (χ0n) is 12.3. The van der Waals surface area contributed by atoms with Gasteiger partial charge >= 0.3 is 0 Å². The maximum Gasteiger partial charge on any atom is 0.0707 e. The van der Waals surface area contributed by atoms with Crippen LogP contribution in [-0.2, 0) is 4.74 Å². The van der Waals surface area contributed by atoms with Crippen LogP contribution in [0.15, 0.2) is 0 Å². The number of rotatable bonds is 4. The molecule has 19 heavy (non-hydrogen) atoms. The number of fused-ring (bicyclic) bond motifs is 2. The number of likely N-dealkylation sites (tertiary alicyclic amines) is 2. The molecule has 2 bridgehead atoms. The Labute approximate surface area is 117 Å². The Kier molecular flexibility index (Phi) is 4.13. The monoisotopic (exact) mass is 267 g/mol. The Bertz CT molecular complexity index is 290. The molecule has 0 amide bonds. The van der Waals surface area contributed by atoms with E-state index in [1.807, 2.05) is 0 Å². The lowest BCUT2D eigenvalue weighted by Gasteiger charge is -2.51. The highest BCUT2D eigenvalue weighted by Gasteiger charge is 2.44. The molecule has 3 fully saturated rings. The van der Waals surface area contributed by atoms with E-state index in [-0.39, 0.29) is 5.54 Å². The minimum absolute atomic E-state index is 0.259. The van der Waals surface area contributed by atoms with Crippen molar-refractivity contribution in [1.29, 1.82) is 0 Å². The van der Waals surface area contributed by atoms with Crippen LogP contribution in [0.3, 0.4) is 0 Å². The summed E-state index contributed by atoms with van der Waals surface area (Å²) in [6.45, 7) is 8.99. The van der Waals surface area contributed by atoms with Gasteiger partial charge in [0, 0.05) is 25.2 Å². The van der Waals surface area contributed by atoms with E-state index in [1.165, 1.54) is 51.7 Å². The molecule has 3 rings (SSSR count). The van der Waals surface area contributed by atoms with Crippen LogP contribution in [0.2, 0.25) is 0 Å². The minimum Gasteiger partial charge on any atom is -0.372 e. The van der Waals surface area contributed by atoms with E-state index in [0.29, 0.717) is 12.2 Å². The normalized spacial score (nSPS) is 35.7. The molecule has 0 aromatic rings. The molecule has 2 atom stereocenters. The van der Waals surface area contributed by atoms with Crippen LogP contribution in [0.4, 0.5) is 0 Å². The average Bonchev–Trinajstić information content (AvgIpc) is 2.79. The Morgan fingerprint density at radius 3 is 2.32 bits per heavy atom. The van der Waals surface area contributed by atoms with Crippen molar-refractivity contribution in [3.63, 3.8) is 0 Å². The molecule has 2 N–H and O–H groups in total. The molecule has 0 radical (unpaired) electrons. The third-order valence-electron chi connectivity index (χ3n) is 5.42. The number of nitrogens with two attached hydrogens (primary N) is 1. The zero-order valence-corrected chi connectivity index (χ0v) is 12.3. The van der Waals surface area contributed by atoms with E-state index in [2.05, 4.69) is 16.7 Å². The molecule has 3 aliphatic rings. The molecule has 0 spiro atoms. The first-order valence-electron chi connectivity index (χ1n) is 8.09. The van der Waals surface area contributed by atoms with Gasteiger partial charge in [-0.15, -0.1) is 0 Å². The van der Waals surface area contributed by atoms with Crippen LogP contribution < -0.4 is 5.73 Å². The summed E-state index contributed by atoms with van der Waals surface area (Å²) in [6, 6.07) is 0. The molecule has 0 aliphatic carbocycles. The summed E-state index contributed by atoms with van der Waals surface area (Å²) in [7, 11) is 0. The predicted octanol–water partition coefficient (Wildman–Crippen LogP) is 1.05. The maximum atomic E-state index is 6.20. The summed E-state index contributed by atoms with van der Waals surface area (Å²) in [6.07, 6.45) is 7.21. The number of hydrogen-bond donors (Lipinski definition) is 1. The Balaban J connectivity index is 1.64. The Hall–Kier alpha value is -0.160. The van der Waals surface area contributed by atoms with Crippen molar-refractivity contribution >= 4 is 0 Å². The van der Waals surface area contributed by atoms with Gasteiger partial charge in [-0.05, 0) is 51.7 Å². The molecule has 4 heteroatoms. The van der Waals surface area contributed by atoms with Gasteiger partial charge in [-0.3, -0.25) is 4.90 Å². The summed E-state index contributed by atoms with van der Waals surface area (Å²) in [5.74, 6) is 0. The van der Waals surface area contributed by atoms with E-state index >= 15 is 0 Å². The maximum absolute atomic E-state index is 6.20. The first kappa shape index (κ1) is 13.8. The van der Waals surface area contributed by atoms with E-state index in [9.17, 15) is 0 Å². The quantitative estimate of drug-likeness (QED) is 0.827. The molecule has 0 aromatic heterocycles. The fourth-order valence-corrected chi connectivity index (χ4v) is 4.16. The molecule has 110 valence electrons. The SMILES string of the molecule is CCCN1CCC(CN)(N2CC3CCC(C2)O3)CC1. The van der Waals surface area contributed by atoms with Gasteiger partial charge in [0.15, 0.2) is 0 Å². The number of hydrogen-bond acceptors (Lipinski definition) is 4. The van der Waals surface area contributed by atoms with E-state index in [1.54, 1.807) is 0 Å². The van der Waals surface area contributed by atoms with Crippen LogP contribution >= 0.6 is 0 Å². The van der Waals surface area contributed by atoms with Crippen molar-refractivity contribution in [2.45, 2.75) is 56.8 Å². The number of nitrogens with zero attached hydrogens (tertiary/aromatic N) is 2. The number of ether oxygens (including phenoxy) is 1. The molecule has 3 aliphatic heterocycles. The highest BCUT2D eigenvalue weighted by Crippen LogP contribution is 2.35. The van der Waals surface area contributed by atoms with Gasteiger partial charge < -0.3 is 15.4 Å². The lowest BCUT2D eigenvalue weighted by atomic mass is 9.84. The van der Waals surface area contributed by atoms with Crippen LogP contribution in [0.25, 0.3) is 0 Å². The summed E-state index contributed by atoms with van der Waals surface area (Å²) in [4.78, 5) is 5.28. The molecule has 0 saturated carbocycles. The van der Waals surface area contributed by atoms with Crippen molar-refractivity contribution < 1.29 is 4.74 Å². The second kappa shape index (κ2) is 5.68. The van der Waals surface area contributed by atoms with Crippen LogP contribution in [-0.4, -0.2) is 66.8 Å². The largest absolute Gasteiger partial charge is 0.372 e. The lowest BCUT2D eigenvalue weighted by Crippen LogP contribution is -2.63. The first-order valence-corrected chi connectivity index (χ1v) is 8.09. The second-order valence-electron chi connectivity index (χ2n) is 6.63. The van der Waals surface area contributed by atoms with Crippen molar-refractivity contribution in [2.24, 2.45) is 5.73 Å². The van der Waals surface area contributed by atoms with Crippen LogP contribution in [0.1, 0.15) is 39.0 Å². The molecule has 3 saturated heterocycles. The fraction of sp³-hybridized carbons (Fsp3) is 1.00. The Morgan fingerprint density at radius 2 is 1.79 bits per heavy atom. The zero-order chi connectivity index (χ0) is 13.3. The molecular formula is C15H29N3O. The Morgan fingerprint density at radius 1 is 1.16 bits per heavy atom. The molecular weight excluding hydrogens is 238 g/mol. The van der Waals surface area contributed by atoms with Crippen LogP contribution in [0.5, 0.6) is 0 Å².